The molecule has 3 heteroatoms. The first-order valence-corrected chi connectivity index (χ1v) is 6.03. The highest BCUT2D eigenvalue weighted by molar-refractivity contribution is 14.1. The predicted molar refractivity (Wildman–Crippen MR) is 69.0 cm³/mol. The summed E-state index contributed by atoms with van der Waals surface area (Å²) in [4.78, 5) is 0. The Morgan fingerprint density at radius 2 is 1.93 bits per heavy atom. The van der Waals surface area contributed by atoms with Gasteiger partial charge in [0, 0.05) is 9.61 Å². The molecule has 0 fully saturated rings. The summed E-state index contributed by atoms with van der Waals surface area (Å²) in [6, 6.07) is 8.45. The Morgan fingerprint density at radius 1 is 1.21 bits per heavy atom. The Bertz CT molecular complexity index is 276. The van der Waals surface area contributed by atoms with Gasteiger partial charge in [-0.25, -0.2) is 0 Å². The van der Waals surface area contributed by atoms with Crippen LogP contribution in [0, 0.1) is 3.57 Å². The maximum absolute atomic E-state index is 6.09. The van der Waals surface area contributed by atoms with Crippen LogP contribution in [0.2, 0.25) is 0 Å². The van der Waals surface area contributed by atoms with Gasteiger partial charge in [0.05, 0.1) is 0 Å². The van der Waals surface area contributed by atoms with Gasteiger partial charge >= 0.3 is 0 Å². The molecule has 0 spiro atoms. The molecule has 0 aliphatic carbocycles. The van der Waals surface area contributed by atoms with Crippen LogP contribution < -0.4 is 11.5 Å². The summed E-state index contributed by atoms with van der Waals surface area (Å²) in [6.07, 6.45) is 3.21. The lowest BCUT2D eigenvalue weighted by Gasteiger charge is -2.13. The van der Waals surface area contributed by atoms with E-state index >= 15 is 0 Å². The first-order chi connectivity index (χ1) is 6.75. The molecule has 2 nitrogen and oxygen atoms in total. The maximum atomic E-state index is 6.09. The number of halogens is 1. The fourth-order valence-electron chi connectivity index (χ4n) is 1.44. The molecule has 0 radical (unpaired) electrons. The third kappa shape index (κ3) is 3.55. The predicted octanol–water partition coefficient (Wildman–Crippen LogP) is 2.42. The maximum Gasteiger partial charge on any atom is 0.0305 e. The van der Waals surface area contributed by atoms with E-state index in [1.54, 1.807) is 0 Å². The van der Waals surface area contributed by atoms with Crippen molar-refractivity contribution in [2.75, 3.05) is 6.54 Å². The SMILES string of the molecule is NCCCC[C@H](N)c1ccccc1I. The van der Waals surface area contributed by atoms with Gasteiger partial charge in [-0.2, -0.15) is 0 Å². The van der Waals surface area contributed by atoms with E-state index in [9.17, 15) is 0 Å². The summed E-state index contributed by atoms with van der Waals surface area (Å²) in [5, 5.41) is 0. The minimum absolute atomic E-state index is 0.162. The standard InChI is InChI=1S/C11H17IN2/c12-10-6-2-1-5-9(10)11(14)7-3-4-8-13/h1-2,5-6,11H,3-4,7-8,13-14H2/t11-/m0/s1. The summed E-state index contributed by atoms with van der Waals surface area (Å²) in [6.45, 7) is 0.763. The minimum Gasteiger partial charge on any atom is -0.330 e. The van der Waals surface area contributed by atoms with Crippen molar-refractivity contribution in [2.45, 2.75) is 25.3 Å². The van der Waals surface area contributed by atoms with Gasteiger partial charge < -0.3 is 11.5 Å². The second-order valence-electron chi connectivity index (χ2n) is 3.41. The van der Waals surface area contributed by atoms with Gasteiger partial charge in [-0.1, -0.05) is 24.6 Å². The van der Waals surface area contributed by atoms with Gasteiger partial charge in [0.25, 0.3) is 0 Å². The third-order valence-electron chi connectivity index (χ3n) is 2.27. The van der Waals surface area contributed by atoms with Crippen molar-refractivity contribution in [1.82, 2.24) is 0 Å². The van der Waals surface area contributed by atoms with Crippen LogP contribution in [-0.4, -0.2) is 6.54 Å². The average Bonchev–Trinajstić information content (AvgIpc) is 2.18. The smallest absolute Gasteiger partial charge is 0.0305 e. The van der Waals surface area contributed by atoms with E-state index in [0.717, 1.165) is 25.8 Å². The van der Waals surface area contributed by atoms with Crippen molar-refractivity contribution >= 4 is 22.6 Å². The molecule has 78 valence electrons. The molecule has 0 unspecified atom stereocenters. The lowest BCUT2D eigenvalue weighted by Crippen LogP contribution is -2.12. The van der Waals surface area contributed by atoms with Crippen LogP contribution in [0.25, 0.3) is 0 Å². The molecule has 0 aliphatic rings. The summed E-state index contributed by atoms with van der Waals surface area (Å²) >= 11 is 2.33. The van der Waals surface area contributed by atoms with Crippen molar-refractivity contribution in [3.8, 4) is 0 Å². The second kappa shape index (κ2) is 6.37. The number of hydrogen-bond acceptors (Lipinski definition) is 2. The van der Waals surface area contributed by atoms with Gasteiger partial charge in [0.1, 0.15) is 0 Å². The molecule has 1 aromatic rings. The second-order valence-corrected chi connectivity index (χ2v) is 4.57. The van der Waals surface area contributed by atoms with Crippen molar-refractivity contribution in [3.63, 3.8) is 0 Å². The summed E-state index contributed by atoms with van der Waals surface area (Å²) in [5.41, 5.74) is 12.8. The molecule has 0 aliphatic heterocycles. The largest absolute Gasteiger partial charge is 0.330 e. The first kappa shape index (κ1) is 11.9. The van der Waals surface area contributed by atoms with Crippen molar-refractivity contribution in [1.29, 1.82) is 0 Å². The van der Waals surface area contributed by atoms with Crippen molar-refractivity contribution in [2.24, 2.45) is 11.5 Å². The lowest BCUT2D eigenvalue weighted by atomic mass is 10.0. The average molecular weight is 304 g/mol. The van der Waals surface area contributed by atoms with Crippen LogP contribution in [0.3, 0.4) is 0 Å². The topological polar surface area (TPSA) is 52.0 Å². The van der Waals surface area contributed by atoms with E-state index < -0.39 is 0 Å². The van der Waals surface area contributed by atoms with E-state index in [1.165, 1.54) is 9.13 Å². The van der Waals surface area contributed by atoms with Crippen LogP contribution in [-0.2, 0) is 0 Å². The molecule has 4 N–H and O–H groups in total. The molecule has 1 aromatic carbocycles. The Morgan fingerprint density at radius 3 is 2.57 bits per heavy atom. The Kier molecular flexibility index (Phi) is 5.44. The molecule has 0 heterocycles. The zero-order valence-electron chi connectivity index (χ0n) is 8.25. The molecule has 1 rings (SSSR count). The highest BCUT2D eigenvalue weighted by atomic mass is 127. The van der Waals surface area contributed by atoms with Crippen LogP contribution in [0.15, 0.2) is 24.3 Å². The summed E-state index contributed by atoms with van der Waals surface area (Å²) in [7, 11) is 0. The molecule has 0 saturated heterocycles. The number of unbranched alkanes of at least 4 members (excludes halogenated alkanes) is 1. The number of rotatable bonds is 5. The molecule has 0 saturated carbocycles. The first-order valence-electron chi connectivity index (χ1n) is 4.95. The minimum atomic E-state index is 0.162. The molecule has 14 heavy (non-hydrogen) atoms. The van der Waals surface area contributed by atoms with Crippen LogP contribution >= 0.6 is 22.6 Å². The Balaban J connectivity index is 2.51. The Labute approximate surface area is 99.2 Å². The van der Waals surface area contributed by atoms with Gasteiger partial charge in [-0.15, -0.1) is 0 Å². The molecular formula is C11H17IN2. The number of hydrogen-bond donors (Lipinski definition) is 2. The van der Waals surface area contributed by atoms with Gasteiger partial charge in [-0.05, 0) is 53.6 Å². The highest BCUT2D eigenvalue weighted by Crippen LogP contribution is 2.21. The zero-order chi connectivity index (χ0) is 10.4. The third-order valence-corrected chi connectivity index (χ3v) is 3.26. The van der Waals surface area contributed by atoms with E-state index in [4.69, 9.17) is 11.5 Å². The molecule has 0 amide bonds. The van der Waals surface area contributed by atoms with Gasteiger partial charge in [-0.3, -0.25) is 0 Å². The molecule has 0 bridgehead atoms. The van der Waals surface area contributed by atoms with E-state index in [2.05, 4.69) is 34.7 Å². The summed E-state index contributed by atoms with van der Waals surface area (Å²) in [5.74, 6) is 0. The van der Waals surface area contributed by atoms with Crippen LogP contribution in [0.5, 0.6) is 0 Å². The summed E-state index contributed by atoms with van der Waals surface area (Å²) < 4.78 is 1.25. The fourth-order valence-corrected chi connectivity index (χ4v) is 2.23. The van der Waals surface area contributed by atoms with E-state index in [-0.39, 0.29) is 6.04 Å². The normalized spacial score (nSPS) is 12.8. The number of benzene rings is 1. The molecule has 1 atom stereocenters. The van der Waals surface area contributed by atoms with Gasteiger partial charge in [0.15, 0.2) is 0 Å². The van der Waals surface area contributed by atoms with Crippen molar-refractivity contribution in [3.05, 3.63) is 33.4 Å². The Hall–Kier alpha value is -0.130. The van der Waals surface area contributed by atoms with Crippen LogP contribution in [0.1, 0.15) is 30.9 Å². The van der Waals surface area contributed by atoms with Gasteiger partial charge in [0.2, 0.25) is 0 Å². The van der Waals surface area contributed by atoms with Crippen molar-refractivity contribution < 1.29 is 0 Å². The van der Waals surface area contributed by atoms with Crippen LogP contribution in [0.4, 0.5) is 0 Å². The molecule has 0 aromatic heterocycles. The quantitative estimate of drug-likeness (QED) is 0.648. The fraction of sp³-hybridized carbons (Fsp3) is 0.455. The van der Waals surface area contributed by atoms with E-state index in [0.29, 0.717) is 0 Å². The number of nitrogens with two attached hydrogens (primary N) is 2. The zero-order valence-corrected chi connectivity index (χ0v) is 10.4. The monoisotopic (exact) mass is 304 g/mol. The molecular weight excluding hydrogens is 287 g/mol. The lowest BCUT2D eigenvalue weighted by molar-refractivity contribution is 0.589. The van der Waals surface area contributed by atoms with E-state index in [1.807, 2.05) is 12.1 Å². The highest BCUT2D eigenvalue weighted by Gasteiger charge is 2.07.